The van der Waals surface area contributed by atoms with E-state index < -0.39 is 0 Å². The van der Waals surface area contributed by atoms with Gasteiger partial charge in [0, 0.05) is 19.0 Å². The Morgan fingerprint density at radius 3 is 2.62 bits per heavy atom. The van der Waals surface area contributed by atoms with Crippen molar-refractivity contribution in [2.24, 2.45) is 5.92 Å². The molecule has 5 nitrogen and oxygen atoms in total. The SMILES string of the molecule is CC[C@@H](C)Cc1c(C)sc2nc(S[C@H](C)C(=O)N(C)C)[nH]c(=O)c12. The highest BCUT2D eigenvalue weighted by molar-refractivity contribution is 8.00. The number of aryl methyl sites for hydroxylation is 1. The third kappa shape index (κ3) is 4.00. The van der Waals surface area contributed by atoms with Crippen LogP contribution in [0.4, 0.5) is 0 Å². The molecule has 0 saturated carbocycles. The topological polar surface area (TPSA) is 66.1 Å². The molecule has 7 heteroatoms. The van der Waals surface area contributed by atoms with Gasteiger partial charge in [-0.15, -0.1) is 11.3 Å². The number of carbonyl (C=O) groups excluding carboxylic acids is 1. The van der Waals surface area contributed by atoms with Crippen molar-refractivity contribution >= 4 is 39.2 Å². The summed E-state index contributed by atoms with van der Waals surface area (Å²) in [6.45, 7) is 8.23. The second kappa shape index (κ2) is 7.70. The molecule has 132 valence electrons. The van der Waals surface area contributed by atoms with Gasteiger partial charge >= 0.3 is 0 Å². The van der Waals surface area contributed by atoms with Gasteiger partial charge in [-0.2, -0.15) is 0 Å². The number of hydrogen-bond donors (Lipinski definition) is 1. The molecule has 0 saturated heterocycles. The van der Waals surface area contributed by atoms with Crippen LogP contribution in [-0.4, -0.2) is 40.1 Å². The number of aromatic nitrogens is 2. The maximum absolute atomic E-state index is 12.6. The number of thiophene rings is 1. The molecule has 0 fully saturated rings. The van der Waals surface area contributed by atoms with Crippen LogP contribution in [0.15, 0.2) is 9.95 Å². The van der Waals surface area contributed by atoms with Gasteiger partial charge in [0.15, 0.2) is 5.16 Å². The summed E-state index contributed by atoms with van der Waals surface area (Å²) in [6.07, 6.45) is 1.98. The minimum atomic E-state index is -0.291. The van der Waals surface area contributed by atoms with Crippen molar-refractivity contribution in [1.29, 1.82) is 0 Å². The van der Waals surface area contributed by atoms with Crippen LogP contribution in [0.2, 0.25) is 0 Å². The molecule has 24 heavy (non-hydrogen) atoms. The number of rotatable bonds is 6. The Labute approximate surface area is 150 Å². The second-order valence-corrected chi connectivity index (χ2v) is 8.93. The number of carbonyl (C=O) groups is 1. The van der Waals surface area contributed by atoms with E-state index in [1.54, 1.807) is 30.3 Å². The van der Waals surface area contributed by atoms with Crippen LogP contribution in [0.1, 0.15) is 37.6 Å². The fourth-order valence-corrected chi connectivity index (χ4v) is 4.58. The zero-order chi connectivity index (χ0) is 18.0. The third-order valence-electron chi connectivity index (χ3n) is 4.17. The van der Waals surface area contributed by atoms with E-state index in [0.29, 0.717) is 16.5 Å². The van der Waals surface area contributed by atoms with Crippen LogP contribution in [0.25, 0.3) is 10.2 Å². The second-order valence-electron chi connectivity index (χ2n) is 6.40. The predicted octanol–water partition coefficient (Wildman–Crippen LogP) is 3.45. The molecule has 1 amide bonds. The Hall–Kier alpha value is -1.34. The standard InChI is InChI=1S/C17H25N3O2S2/c1-7-9(2)8-12-10(3)23-15-13(12)14(21)18-17(19-15)24-11(4)16(22)20(5)6/h9,11H,7-8H2,1-6H3,(H,18,19,21)/t9-,11-/m1/s1. The number of amides is 1. The molecule has 0 aliphatic rings. The number of fused-ring (bicyclic) bond motifs is 1. The fourth-order valence-electron chi connectivity index (χ4n) is 2.53. The van der Waals surface area contributed by atoms with Crippen LogP contribution in [-0.2, 0) is 11.2 Å². The molecule has 1 N–H and O–H groups in total. The first-order valence-corrected chi connectivity index (χ1v) is 9.84. The van der Waals surface area contributed by atoms with E-state index in [2.05, 4.69) is 30.7 Å². The number of hydrogen-bond acceptors (Lipinski definition) is 5. The van der Waals surface area contributed by atoms with Gasteiger partial charge in [0.2, 0.25) is 5.91 Å². The van der Waals surface area contributed by atoms with Crippen LogP contribution in [0.3, 0.4) is 0 Å². The molecule has 0 bridgehead atoms. The molecule has 0 aliphatic heterocycles. The van der Waals surface area contributed by atoms with Crippen LogP contribution in [0, 0.1) is 12.8 Å². The monoisotopic (exact) mass is 367 g/mol. The van der Waals surface area contributed by atoms with Gasteiger partial charge in [0.05, 0.1) is 10.6 Å². The summed E-state index contributed by atoms with van der Waals surface area (Å²) >= 11 is 2.85. The van der Waals surface area contributed by atoms with Crippen LogP contribution >= 0.6 is 23.1 Å². The van der Waals surface area contributed by atoms with E-state index in [1.165, 1.54) is 11.8 Å². The third-order valence-corrected chi connectivity index (χ3v) is 6.18. The lowest BCUT2D eigenvalue weighted by Crippen LogP contribution is -2.30. The Balaban J connectivity index is 2.38. The summed E-state index contributed by atoms with van der Waals surface area (Å²) in [7, 11) is 3.45. The maximum atomic E-state index is 12.6. The summed E-state index contributed by atoms with van der Waals surface area (Å²) in [4.78, 5) is 35.5. The Kier molecular flexibility index (Phi) is 6.09. The fraction of sp³-hybridized carbons (Fsp3) is 0.588. The molecule has 2 aromatic heterocycles. The van der Waals surface area contributed by atoms with Gasteiger partial charge in [-0.1, -0.05) is 32.0 Å². The zero-order valence-electron chi connectivity index (χ0n) is 15.1. The van der Waals surface area contributed by atoms with Crippen molar-refractivity contribution in [3.63, 3.8) is 0 Å². The molecular formula is C17H25N3O2S2. The van der Waals surface area contributed by atoms with E-state index in [4.69, 9.17) is 0 Å². The molecule has 2 atom stereocenters. The lowest BCUT2D eigenvalue weighted by molar-refractivity contribution is -0.127. The summed E-state index contributed by atoms with van der Waals surface area (Å²) < 4.78 is 0. The molecule has 2 aromatic rings. The maximum Gasteiger partial charge on any atom is 0.260 e. The molecule has 0 radical (unpaired) electrons. The Morgan fingerprint density at radius 2 is 2.04 bits per heavy atom. The van der Waals surface area contributed by atoms with E-state index >= 15 is 0 Å². The lowest BCUT2D eigenvalue weighted by Gasteiger charge is -2.15. The number of thioether (sulfide) groups is 1. The first kappa shape index (κ1) is 19.0. The molecule has 0 spiro atoms. The van der Waals surface area contributed by atoms with E-state index in [9.17, 15) is 9.59 Å². The Morgan fingerprint density at radius 1 is 1.38 bits per heavy atom. The zero-order valence-corrected chi connectivity index (χ0v) is 16.7. The van der Waals surface area contributed by atoms with Crippen molar-refractivity contribution in [2.45, 2.75) is 50.9 Å². The van der Waals surface area contributed by atoms with E-state index in [0.717, 1.165) is 28.1 Å². The largest absolute Gasteiger partial charge is 0.348 e. The van der Waals surface area contributed by atoms with Crippen LogP contribution in [0.5, 0.6) is 0 Å². The first-order valence-electron chi connectivity index (χ1n) is 8.14. The van der Waals surface area contributed by atoms with E-state index in [-0.39, 0.29) is 16.7 Å². The van der Waals surface area contributed by atoms with Gasteiger partial charge in [0.1, 0.15) is 4.83 Å². The van der Waals surface area contributed by atoms with Crippen molar-refractivity contribution in [3.05, 3.63) is 20.8 Å². The van der Waals surface area contributed by atoms with Gasteiger partial charge < -0.3 is 9.88 Å². The summed E-state index contributed by atoms with van der Waals surface area (Å²) in [6, 6.07) is 0. The molecule has 2 heterocycles. The average Bonchev–Trinajstić information content (AvgIpc) is 2.82. The van der Waals surface area contributed by atoms with Crippen molar-refractivity contribution in [3.8, 4) is 0 Å². The van der Waals surface area contributed by atoms with E-state index in [1.807, 2.05) is 6.92 Å². The molecule has 0 unspecified atom stereocenters. The van der Waals surface area contributed by atoms with Crippen molar-refractivity contribution in [2.75, 3.05) is 14.1 Å². The molecular weight excluding hydrogens is 342 g/mol. The molecule has 2 rings (SSSR count). The van der Waals surface area contributed by atoms with Gasteiger partial charge in [-0.05, 0) is 31.7 Å². The van der Waals surface area contributed by atoms with Gasteiger partial charge in [-0.3, -0.25) is 9.59 Å². The van der Waals surface area contributed by atoms with Crippen LogP contribution < -0.4 is 5.56 Å². The van der Waals surface area contributed by atoms with Gasteiger partial charge in [0.25, 0.3) is 5.56 Å². The number of nitrogens with one attached hydrogen (secondary N) is 1. The highest BCUT2D eigenvalue weighted by atomic mass is 32.2. The lowest BCUT2D eigenvalue weighted by atomic mass is 9.98. The predicted molar refractivity (Wildman–Crippen MR) is 102 cm³/mol. The highest BCUT2D eigenvalue weighted by Crippen LogP contribution is 2.31. The normalized spacial score (nSPS) is 13.9. The molecule has 0 aromatic carbocycles. The van der Waals surface area contributed by atoms with Crippen molar-refractivity contribution < 1.29 is 4.79 Å². The summed E-state index contributed by atoms with van der Waals surface area (Å²) in [5.41, 5.74) is 1.02. The Bertz CT molecular complexity index is 795. The summed E-state index contributed by atoms with van der Waals surface area (Å²) in [5, 5.41) is 0.932. The quantitative estimate of drug-likeness (QED) is 0.627. The highest BCUT2D eigenvalue weighted by Gasteiger charge is 2.20. The minimum Gasteiger partial charge on any atom is -0.348 e. The minimum absolute atomic E-state index is 0.00238. The number of nitrogens with zero attached hydrogens (tertiary/aromatic N) is 2. The number of H-pyrrole nitrogens is 1. The number of aromatic amines is 1. The summed E-state index contributed by atoms with van der Waals surface area (Å²) in [5.74, 6) is 0.537. The van der Waals surface area contributed by atoms with Gasteiger partial charge in [-0.25, -0.2) is 4.98 Å². The first-order chi connectivity index (χ1) is 11.2. The average molecular weight is 368 g/mol. The smallest absolute Gasteiger partial charge is 0.260 e. The molecule has 0 aliphatic carbocycles. The van der Waals surface area contributed by atoms with Crippen molar-refractivity contribution in [1.82, 2.24) is 14.9 Å².